The van der Waals surface area contributed by atoms with E-state index in [0.29, 0.717) is 0 Å². The van der Waals surface area contributed by atoms with Gasteiger partial charge in [-0.25, -0.2) is 0 Å². The van der Waals surface area contributed by atoms with Crippen molar-refractivity contribution in [2.45, 2.75) is 0 Å². The minimum atomic E-state index is -1.30. The second-order valence-electron chi connectivity index (χ2n) is 1.47. The maximum absolute atomic E-state index is 12.6. The van der Waals surface area contributed by atoms with Crippen LogP contribution in [-0.2, 0) is 3.74 Å². The van der Waals surface area contributed by atoms with Crippen LogP contribution in [0.1, 0.15) is 1.37 Å². The predicted octanol–water partition coefficient (Wildman–Crippen LogP) is 0.501. The van der Waals surface area contributed by atoms with Crippen LogP contribution in [0.25, 0.3) is 0 Å². The first kappa shape index (κ1) is 5.31. The van der Waals surface area contributed by atoms with E-state index in [1.165, 1.54) is 12.1 Å². The molecule has 0 fully saturated rings. The molecule has 0 atom stereocenters. The number of hydrogen-bond acceptors (Lipinski definition) is 1. The molecule has 1 rings (SSSR count). The van der Waals surface area contributed by atoms with Gasteiger partial charge in [0.05, 0.1) is 0 Å². The fourth-order valence-electron chi connectivity index (χ4n) is 0.476. The molecule has 1 nitrogen and oxygen atoms in total. The van der Waals surface area contributed by atoms with E-state index in [1.807, 2.05) is 0 Å². The fraction of sp³-hybridized carbons (Fsp3) is 0. The Morgan fingerprint density at radius 1 is 1.67 bits per heavy atom. The van der Waals surface area contributed by atoms with Gasteiger partial charge in [-0.1, -0.05) is 0 Å². The second kappa shape index (κ2) is 2.88. The molecule has 46 valence electrons. The molecular weight excluding hydrogens is 182 g/mol. The molecule has 0 saturated heterocycles. The van der Waals surface area contributed by atoms with Crippen LogP contribution >= 0.6 is 0 Å². The number of halogens is 1. The summed E-state index contributed by atoms with van der Waals surface area (Å²) in [4.78, 5) is 0. The van der Waals surface area contributed by atoms with Crippen LogP contribution in [0.4, 0.5) is 4.39 Å². The van der Waals surface area contributed by atoms with Gasteiger partial charge < -0.3 is 0 Å². The van der Waals surface area contributed by atoms with Gasteiger partial charge >= 0.3 is 59.6 Å². The van der Waals surface area contributed by atoms with Gasteiger partial charge in [0, 0.05) is 0 Å². The Hall–Kier alpha value is -0.492. The molecule has 0 aliphatic rings. The Morgan fingerprint density at radius 2 is 2.44 bits per heavy atom. The Labute approximate surface area is 60.2 Å². The molecule has 3 heteroatoms. The van der Waals surface area contributed by atoms with Crippen molar-refractivity contribution in [2.24, 2.45) is 0 Å². The first-order valence-corrected chi connectivity index (χ1v) is 4.04. The zero-order chi connectivity index (χ0) is 7.56. The van der Waals surface area contributed by atoms with Crippen molar-refractivity contribution in [2.75, 3.05) is 0 Å². The molecule has 1 aromatic rings. The van der Waals surface area contributed by atoms with Crippen molar-refractivity contribution in [3.63, 3.8) is 0 Å². The van der Waals surface area contributed by atoms with Crippen LogP contribution < -0.4 is 4.35 Å². The van der Waals surface area contributed by atoms with Gasteiger partial charge in [0.2, 0.25) is 0 Å². The summed E-state index contributed by atoms with van der Waals surface area (Å²) in [5, 5.41) is 0. The first-order chi connectivity index (χ1) is 4.74. The van der Waals surface area contributed by atoms with Crippen LogP contribution in [0.5, 0.6) is 0 Å². The molecule has 0 aliphatic heterocycles. The van der Waals surface area contributed by atoms with E-state index < -0.39 is 21.5 Å². The van der Waals surface area contributed by atoms with Gasteiger partial charge in [0.1, 0.15) is 0 Å². The van der Waals surface area contributed by atoms with Crippen molar-refractivity contribution < 1.29 is 9.50 Å². The minimum absolute atomic E-state index is 0.107. The van der Waals surface area contributed by atoms with Gasteiger partial charge in [0.15, 0.2) is 0 Å². The van der Waals surface area contributed by atoms with Crippen LogP contribution in [0.3, 0.4) is 0 Å². The molecule has 0 heterocycles. The molecule has 0 amide bonds. The number of benzene rings is 1. The van der Waals surface area contributed by atoms with Crippen LogP contribution in [0.15, 0.2) is 24.2 Å². The van der Waals surface area contributed by atoms with E-state index in [2.05, 4.69) is 0 Å². The summed E-state index contributed by atoms with van der Waals surface area (Å²) >= 11 is -1.30. The Morgan fingerprint density at radius 3 is 3.00 bits per heavy atom. The third-order valence-electron chi connectivity index (χ3n) is 0.891. The summed E-state index contributed by atoms with van der Waals surface area (Å²) in [5.41, 5.74) is 0. The Kier molecular flexibility index (Phi) is 1.70. The van der Waals surface area contributed by atoms with Crippen molar-refractivity contribution in [3.8, 4) is 0 Å². The summed E-state index contributed by atoms with van der Waals surface area (Å²) in [7, 11) is 0. The normalized spacial score (nSPS) is 11.4. The summed E-state index contributed by atoms with van der Waals surface area (Å²) < 4.78 is 30.0. The van der Waals surface area contributed by atoms with Gasteiger partial charge in [-0.3, -0.25) is 0 Å². The summed E-state index contributed by atoms with van der Waals surface area (Å²) in [6.07, 6.45) is 0. The third kappa shape index (κ3) is 1.46. The Bertz CT molecular complexity index is 264. The van der Waals surface area contributed by atoms with Gasteiger partial charge in [-0.2, -0.15) is 0 Å². The first-order valence-electron chi connectivity index (χ1n) is 2.83. The molecule has 0 radical (unpaired) electrons. The number of hydrogen-bond donors (Lipinski definition) is 0. The van der Waals surface area contributed by atoms with E-state index >= 15 is 0 Å². The average molecular weight is 187 g/mol. The molecule has 0 N–H and O–H groups in total. The monoisotopic (exact) mass is 187 g/mol. The quantitative estimate of drug-likeness (QED) is 0.585. The SMILES string of the molecule is [2H]c1ccc([As]=O)c(F)c1. The van der Waals surface area contributed by atoms with Crippen LogP contribution in [-0.4, -0.2) is 15.7 Å². The van der Waals surface area contributed by atoms with Crippen molar-refractivity contribution in [3.05, 3.63) is 30.1 Å². The molecule has 0 spiro atoms. The van der Waals surface area contributed by atoms with Crippen LogP contribution in [0, 0.1) is 5.82 Å². The molecule has 0 saturated carbocycles. The van der Waals surface area contributed by atoms with Gasteiger partial charge in [-0.15, -0.1) is 0 Å². The standard InChI is InChI=1S/C6H4AsFO/c8-6-4-2-1-3-5(6)7-9/h1-4H/i2D. The maximum atomic E-state index is 12.6. The van der Waals surface area contributed by atoms with E-state index in [9.17, 15) is 8.13 Å². The molecule has 0 bridgehead atoms. The van der Waals surface area contributed by atoms with Crippen molar-refractivity contribution >= 4 is 20.0 Å². The van der Waals surface area contributed by atoms with Crippen molar-refractivity contribution in [1.82, 2.24) is 0 Å². The number of rotatable bonds is 1. The summed E-state index contributed by atoms with van der Waals surface area (Å²) in [5.74, 6) is -0.539. The van der Waals surface area contributed by atoms with E-state index in [0.717, 1.165) is 6.07 Å². The predicted molar refractivity (Wildman–Crippen MR) is 32.5 cm³/mol. The summed E-state index contributed by atoms with van der Waals surface area (Å²) in [6.45, 7) is 0. The second-order valence-corrected chi connectivity index (χ2v) is 2.86. The molecule has 0 aromatic heterocycles. The van der Waals surface area contributed by atoms with Gasteiger partial charge in [-0.05, 0) is 0 Å². The van der Waals surface area contributed by atoms with Crippen molar-refractivity contribution in [1.29, 1.82) is 0 Å². The average Bonchev–Trinajstić information content (AvgIpc) is 1.88. The van der Waals surface area contributed by atoms with E-state index in [-0.39, 0.29) is 10.4 Å². The molecule has 0 unspecified atom stereocenters. The topological polar surface area (TPSA) is 17.1 Å². The zero-order valence-electron chi connectivity index (χ0n) is 5.47. The molecular formula is C6H4AsFO. The Balaban J connectivity index is 3.19. The zero-order valence-corrected chi connectivity index (χ0v) is 6.34. The van der Waals surface area contributed by atoms with E-state index in [4.69, 9.17) is 1.37 Å². The molecule has 1 aromatic carbocycles. The third-order valence-corrected chi connectivity index (χ3v) is 2.06. The molecule has 9 heavy (non-hydrogen) atoms. The summed E-state index contributed by atoms with van der Waals surface area (Å²) in [6, 6.07) is 3.97. The van der Waals surface area contributed by atoms with Gasteiger partial charge in [0.25, 0.3) is 0 Å². The molecule has 0 aliphatic carbocycles. The van der Waals surface area contributed by atoms with E-state index in [1.54, 1.807) is 0 Å². The van der Waals surface area contributed by atoms with Crippen LogP contribution in [0.2, 0.25) is 0 Å². The fourth-order valence-corrected chi connectivity index (χ4v) is 1.08.